The number of para-hydroxylation sites is 1. The van der Waals surface area contributed by atoms with Crippen LogP contribution in [0.25, 0.3) is 16.7 Å². The Bertz CT molecular complexity index is 1320. The summed E-state index contributed by atoms with van der Waals surface area (Å²) >= 11 is 1.42. The minimum Gasteiger partial charge on any atom is -0.336 e. The first-order valence-electron chi connectivity index (χ1n) is 11.0. The highest BCUT2D eigenvalue weighted by atomic mass is 32.2. The van der Waals surface area contributed by atoms with Crippen LogP contribution >= 0.6 is 11.8 Å². The van der Waals surface area contributed by atoms with E-state index < -0.39 is 0 Å². The number of amides is 1. The number of carbonyl (C=O) groups excluding carboxylic acids is 1. The van der Waals surface area contributed by atoms with Gasteiger partial charge in [0.25, 0.3) is 5.91 Å². The van der Waals surface area contributed by atoms with Crippen molar-refractivity contribution in [3.8, 4) is 5.69 Å². The number of halogens is 1. The van der Waals surface area contributed by atoms with E-state index in [9.17, 15) is 9.18 Å². The van der Waals surface area contributed by atoms with Gasteiger partial charge in [0, 0.05) is 42.5 Å². The molecule has 0 aliphatic carbocycles. The highest BCUT2D eigenvalue weighted by Gasteiger charge is 2.30. The number of aromatic nitrogens is 2. The fraction of sp³-hybridized carbons (Fsp3) is 0.231. The predicted molar refractivity (Wildman–Crippen MR) is 130 cm³/mol. The number of benzene rings is 2. The molecule has 2 aromatic heterocycles. The van der Waals surface area contributed by atoms with Crippen molar-refractivity contribution in [2.45, 2.75) is 29.8 Å². The average molecular weight is 461 g/mol. The van der Waals surface area contributed by atoms with Gasteiger partial charge in [-0.25, -0.2) is 4.39 Å². The molecule has 1 aliphatic heterocycles. The van der Waals surface area contributed by atoms with Gasteiger partial charge < -0.3 is 14.8 Å². The highest BCUT2D eigenvalue weighted by Crippen LogP contribution is 2.40. The van der Waals surface area contributed by atoms with E-state index >= 15 is 0 Å². The molecular formula is C26H25FN4OS. The molecule has 2 aromatic carbocycles. The summed E-state index contributed by atoms with van der Waals surface area (Å²) in [4.78, 5) is 21.2. The molecular weight excluding hydrogens is 435 g/mol. The number of hydrogen-bond donors (Lipinski definition) is 1. The van der Waals surface area contributed by atoms with Gasteiger partial charge in [-0.1, -0.05) is 36.0 Å². The van der Waals surface area contributed by atoms with Crippen LogP contribution in [0.3, 0.4) is 0 Å². The Morgan fingerprint density at radius 2 is 1.97 bits per heavy atom. The van der Waals surface area contributed by atoms with Crippen LogP contribution in [0.15, 0.2) is 76.8 Å². The number of aryl methyl sites for hydroxylation is 1. The second kappa shape index (κ2) is 9.00. The Hall–Kier alpha value is -3.16. The number of pyridine rings is 1. The molecule has 0 saturated carbocycles. The molecule has 3 heterocycles. The molecule has 1 amide bonds. The summed E-state index contributed by atoms with van der Waals surface area (Å²) in [6, 6.07) is 18.8. The maximum Gasteiger partial charge on any atom is 0.258 e. The van der Waals surface area contributed by atoms with Gasteiger partial charge in [0.05, 0.1) is 16.1 Å². The second-order valence-electron chi connectivity index (χ2n) is 8.34. The van der Waals surface area contributed by atoms with Gasteiger partial charge in [-0.3, -0.25) is 9.78 Å². The zero-order chi connectivity index (χ0) is 22.9. The quantitative estimate of drug-likeness (QED) is 0.463. The molecule has 1 saturated heterocycles. The molecule has 5 nitrogen and oxygen atoms in total. The van der Waals surface area contributed by atoms with Gasteiger partial charge in [0.2, 0.25) is 0 Å². The standard InChI is InChI=1S/C26H25FN4OS/c1-17-10-11-19(27)15-22(17)33-26-23(25(32)30-14-13-28-18(2)16-30)24-21(9-6-12-29-24)31(26)20-7-4-3-5-8-20/h3-12,15,18,28H,13-14,16H2,1-2H3/t18-/m0/s1. The number of fused-ring (bicyclic) bond motifs is 1. The van der Waals surface area contributed by atoms with E-state index in [1.165, 1.54) is 23.9 Å². The molecule has 0 radical (unpaired) electrons. The molecule has 0 spiro atoms. The van der Waals surface area contributed by atoms with Crippen molar-refractivity contribution in [3.63, 3.8) is 0 Å². The third-order valence-electron chi connectivity index (χ3n) is 5.92. The van der Waals surface area contributed by atoms with Crippen molar-refractivity contribution < 1.29 is 9.18 Å². The number of carbonyl (C=O) groups is 1. The van der Waals surface area contributed by atoms with Crippen molar-refractivity contribution in [2.24, 2.45) is 0 Å². The molecule has 1 aliphatic rings. The van der Waals surface area contributed by atoms with Gasteiger partial charge >= 0.3 is 0 Å². The summed E-state index contributed by atoms with van der Waals surface area (Å²) in [5.41, 5.74) is 3.96. The number of rotatable bonds is 4. The summed E-state index contributed by atoms with van der Waals surface area (Å²) in [5.74, 6) is -0.342. The van der Waals surface area contributed by atoms with Crippen LogP contribution < -0.4 is 5.32 Å². The van der Waals surface area contributed by atoms with Crippen LogP contribution in [0.1, 0.15) is 22.8 Å². The maximum absolute atomic E-state index is 14.2. The van der Waals surface area contributed by atoms with E-state index in [1.54, 1.807) is 12.3 Å². The lowest BCUT2D eigenvalue weighted by Crippen LogP contribution is -2.51. The largest absolute Gasteiger partial charge is 0.336 e. The summed E-state index contributed by atoms with van der Waals surface area (Å²) in [6.45, 7) is 6.05. The van der Waals surface area contributed by atoms with Crippen molar-refractivity contribution in [1.29, 1.82) is 0 Å². The number of nitrogens with one attached hydrogen (secondary N) is 1. The number of nitrogens with zero attached hydrogens (tertiary/aromatic N) is 3. The van der Waals surface area contributed by atoms with Gasteiger partial charge in [-0.15, -0.1) is 0 Å². The summed E-state index contributed by atoms with van der Waals surface area (Å²) in [6.07, 6.45) is 1.72. The fourth-order valence-electron chi connectivity index (χ4n) is 4.28. The first-order chi connectivity index (χ1) is 16.0. The predicted octanol–water partition coefficient (Wildman–Crippen LogP) is 5.06. The monoisotopic (exact) mass is 460 g/mol. The zero-order valence-corrected chi connectivity index (χ0v) is 19.4. The first kappa shape index (κ1) is 21.7. The van der Waals surface area contributed by atoms with Crippen molar-refractivity contribution >= 4 is 28.7 Å². The Kier molecular flexibility index (Phi) is 5.91. The molecule has 4 aromatic rings. The van der Waals surface area contributed by atoms with Gasteiger partial charge in [-0.05, 0) is 55.8 Å². The highest BCUT2D eigenvalue weighted by molar-refractivity contribution is 7.99. The SMILES string of the molecule is Cc1ccc(F)cc1Sc1c(C(=O)N2CCN[C@@H](C)C2)c2ncccc2n1-c1ccccc1. The van der Waals surface area contributed by atoms with E-state index in [-0.39, 0.29) is 17.8 Å². The topological polar surface area (TPSA) is 50.2 Å². The fourth-order valence-corrected chi connectivity index (χ4v) is 5.47. The van der Waals surface area contributed by atoms with Crippen molar-refractivity contribution in [3.05, 3.63) is 83.8 Å². The Morgan fingerprint density at radius 3 is 2.76 bits per heavy atom. The third kappa shape index (κ3) is 4.14. The molecule has 1 fully saturated rings. The third-order valence-corrected chi connectivity index (χ3v) is 7.16. The van der Waals surface area contributed by atoms with Crippen LogP contribution in [0, 0.1) is 12.7 Å². The minimum absolute atomic E-state index is 0.0433. The Balaban J connectivity index is 1.75. The molecule has 0 bridgehead atoms. The molecule has 0 unspecified atom stereocenters. The number of hydrogen-bond acceptors (Lipinski definition) is 4. The van der Waals surface area contributed by atoms with Crippen LogP contribution in [-0.2, 0) is 0 Å². The van der Waals surface area contributed by atoms with Gasteiger partial charge in [0.15, 0.2) is 0 Å². The van der Waals surface area contributed by atoms with Gasteiger partial charge in [0.1, 0.15) is 11.3 Å². The van der Waals surface area contributed by atoms with E-state index in [0.717, 1.165) is 33.2 Å². The molecule has 33 heavy (non-hydrogen) atoms. The molecule has 7 heteroatoms. The minimum atomic E-state index is -0.299. The lowest BCUT2D eigenvalue weighted by atomic mass is 10.2. The van der Waals surface area contributed by atoms with Crippen LogP contribution in [0.5, 0.6) is 0 Å². The van der Waals surface area contributed by atoms with E-state index in [0.29, 0.717) is 24.2 Å². The molecule has 5 rings (SSSR count). The van der Waals surface area contributed by atoms with Crippen LogP contribution in [-0.4, -0.2) is 46.0 Å². The Morgan fingerprint density at radius 1 is 1.15 bits per heavy atom. The van der Waals surface area contributed by atoms with Crippen molar-refractivity contribution in [2.75, 3.05) is 19.6 Å². The zero-order valence-electron chi connectivity index (χ0n) is 18.6. The van der Waals surface area contributed by atoms with Gasteiger partial charge in [-0.2, -0.15) is 0 Å². The smallest absolute Gasteiger partial charge is 0.258 e. The van der Waals surface area contributed by atoms with E-state index in [4.69, 9.17) is 0 Å². The lowest BCUT2D eigenvalue weighted by Gasteiger charge is -2.32. The Labute approximate surface area is 196 Å². The van der Waals surface area contributed by atoms with Crippen LogP contribution in [0.2, 0.25) is 0 Å². The molecule has 168 valence electrons. The second-order valence-corrected chi connectivity index (χ2v) is 9.37. The normalized spacial score (nSPS) is 16.3. The lowest BCUT2D eigenvalue weighted by molar-refractivity contribution is 0.0707. The average Bonchev–Trinajstić information content (AvgIpc) is 3.15. The van der Waals surface area contributed by atoms with E-state index in [2.05, 4.69) is 21.8 Å². The summed E-state index contributed by atoms with van der Waals surface area (Å²) < 4.78 is 16.2. The van der Waals surface area contributed by atoms with E-state index in [1.807, 2.05) is 54.3 Å². The summed E-state index contributed by atoms with van der Waals surface area (Å²) in [5, 5.41) is 4.14. The maximum atomic E-state index is 14.2. The first-order valence-corrected chi connectivity index (χ1v) is 11.9. The summed E-state index contributed by atoms with van der Waals surface area (Å²) in [7, 11) is 0. The molecule has 1 N–H and O–H groups in total. The molecule has 1 atom stereocenters. The number of piperazine rings is 1. The van der Waals surface area contributed by atoms with Crippen LogP contribution in [0.4, 0.5) is 4.39 Å². The van der Waals surface area contributed by atoms with Crippen molar-refractivity contribution in [1.82, 2.24) is 19.8 Å².